The number of hydrogen-bond donors (Lipinski definition) is 1. The van der Waals surface area contributed by atoms with Gasteiger partial charge in [0.2, 0.25) is 0 Å². The van der Waals surface area contributed by atoms with Crippen LogP contribution in [0.5, 0.6) is 5.75 Å². The molecule has 0 heterocycles. The molecule has 0 saturated carbocycles. The van der Waals surface area contributed by atoms with Crippen molar-refractivity contribution in [2.75, 3.05) is 6.61 Å². The molecule has 0 aliphatic heterocycles. The Morgan fingerprint density at radius 1 is 1.32 bits per heavy atom. The summed E-state index contributed by atoms with van der Waals surface area (Å²) < 4.78 is 5.44. The molecule has 0 atom stereocenters. The van der Waals surface area contributed by atoms with Gasteiger partial charge in [0.25, 0.3) is 11.6 Å². The molecule has 1 amide bonds. The third-order valence-corrected chi connectivity index (χ3v) is 3.49. The van der Waals surface area contributed by atoms with Gasteiger partial charge < -0.3 is 4.74 Å². The summed E-state index contributed by atoms with van der Waals surface area (Å²) in [6, 6.07) is 10.6. The lowest BCUT2D eigenvalue weighted by Gasteiger charge is -2.05. The van der Waals surface area contributed by atoms with E-state index in [1.165, 1.54) is 24.4 Å². The predicted octanol–water partition coefficient (Wildman–Crippen LogP) is 3.80. The van der Waals surface area contributed by atoms with Gasteiger partial charge in [-0.05, 0) is 36.8 Å². The van der Waals surface area contributed by atoms with Gasteiger partial charge in [-0.1, -0.05) is 18.5 Å². The van der Waals surface area contributed by atoms with Crippen molar-refractivity contribution in [1.29, 1.82) is 0 Å². The van der Waals surface area contributed by atoms with E-state index in [1.54, 1.807) is 24.3 Å². The second-order valence-electron chi connectivity index (χ2n) is 5.03. The minimum atomic E-state index is -0.533. The molecule has 0 bridgehead atoms. The van der Waals surface area contributed by atoms with Gasteiger partial charge in [-0.15, -0.1) is 0 Å². The molecule has 2 aromatic rings. The number of nitrogens with one attached hydrogen (secondary N) is 1. The van der Waals surface area contributed by atoms with Gasteiger partial charge in [-0.25, -0.2) is 5.43 Å². The van der Waals surface area contributed by atoms with Gasteiger partial charge in [-0.2, -0.15) is 5.10 Å². The van der Waals surface area contributed by atoms with Crippen LogP contribution in [0.15, 0.2) is 47.6 Å². The van der Waals surface area contributed by atoms with Crippen LogP contribution in [-0.2, 0) is 0 Å². The Morgan fingerprint density at radius 2 is 2.04 bits per heavy atom. The van der Waals surface area contributed by atoms with E-state index in [1.807, 2.05) is 6.92 Å². The van der Waals surface area contributed by atoms with E-state index in [4.69, 9.17) is 16.3 Å². The number of non-ortho nitro benzene ring substituents is 1. The first-order valence-corrected chi connectivity index (χ1v) is 7.89. The highest BCUT2D eigenvalue weighted by molar-refractivity contribution is 6.33. The van der Waals surface area contributed by atoms with E-state index < -0.39 is 10.8 Å². The summed E-state index contributed by atoms with van der Waals surface area (Å²) in [7, 11) is 0. The highest BCUT2D eigenvalue weighted by Crippen LogP contribution is 2.20. The van der Waals surface area contributed by atoms with Crippen LogP contribution in [0.25, 0.3) is 0 Å². The van der Waals surface area contributed by atoms with Crippen LogP contribution in [0.4, 0.5) is 5.69 Å². The minimum absolute atomic E-state index is 0.111. The zero-order chi connectivity index (χ0) is 18.2. The SMILES string of the molecule is CCCOc1ccc(C(=O)N/N=C/c2cc([N+](=O)[O-])ccc2Cl)cc1. The molecule has 0 spiro atoms. The van der Waals surface area contributed by atoms with E-state index in [0.717, 1.165) is 6.42 Å². The van der Waals surface area contributed by atoms with Gasteiger partial charge in [0.05, 0.1) is 17.7 Å². The zero-order valence-electron chi connectivity index (χ0n) is 13.4. The highest BCUT2D eigenvalue weighted by atomic mass is 35.5. The quantitative estimate of drug-likeness (QED) is 0.461. The number of nitrogens with zero attached hydrogens (tertiary/aromatic N) is 2. The molecule has 2 rings (SSSR count). The lowest BCUT2D eigenvalue weighted by molar-refractivity contribution is -0.384. The van der Waals surface area contributed by atoms with Crippen LogP contribution in [0.1, 0.15) is 29.3 Å². The van der Waals surface area contributed by atoms with Gasteiger partial charge in [0, 0.05) is 28.3 Å². The Balaban J connectivity index is 2.00. The number of rotatable bonds is 7. The summed E-state index contributed by atoms with van der Waals surface area (Å²) in [6.45, 7) is 2.62. The summed E-state index contributed by atoms with van der Waals surface area (Å²) >= 11 is 5.95. The Morgan fingerprint density at radius 3 is 2.68 bits per heavy atom. The number of hydrazone groups is 1. The number of hydrogen-bond acceptors (Lipinski definition) is 5. The molecule has 1 N–H and O–H groups in total. The fourth-order valence-electron chi connectivity index (χ4n) is 1.89. The standard InChI is InChI=1S/C17H16ClN3O4/c1-2-9-25-15-6-3-12(4-7-15)17(22)20-19-11-13-10-14(21(23)24)5-8-16(13)18/h3-8,10-11H,2,9H2,1H3,(H,20,22)/b19-11+. The number of benzene rings is 2. The molecule has 0 aliphatic carbocycles. The van der Waals surface area contributed by atoms with Crippen molar-refractivity contribution in [3.63, 3.8) is 0 Å². The average Bonchev–Trinajstić information content (AvgIpc) is 2.61. The number of nitro benzene ring substituents is 1. The molecule has 2 aromatic carbocycles. The lowest BCUT2D eigenvalue weighted by atomic mass is 10.2. The highest BCUT2D eigenvalue weighted by Gasteiger charge is 2.09. The van der Waals surface area contributed by atoms with Crippen molar-refractivity contribution >= 4 is 29.4 Å². The average molecular weight is 362 g/mol. The van der Waals surface area contributed by atoms with E-state index in [2.05, 4.69) is 10.5 Å². The fraction of sp³-hybridized carbons (Fsp3) is 0.176. The number of halogens is 1. The predicted molar refractivity (Wildman–Crippen MR) is 95.4 cm³/mol. The van der Waals surface area contributed by atoms with Crippen LogP contribution in [0, 0.1) is 10.1 Å². The van der Waals surface area contributed by atoms with Gasteiger partial charge in [-0.3, -0.25) is 14.9 Å². The summed E-state index contributed by atoms with van der Waals surface area (Å²) in [6.07, 6.45) is 2.16. The molecule has 0 aromatic heterocycles. The first kappa shape index (κ1) is 18.4. The maximum atomic E-state index is 12.0. The Hall–Kier alpha value is -2.93. The second-order valence-corrected chi connectivity index (χ2v) is 5.44. The Kier molecular flexibility index (Phi) is 6.47. The molecule has 0 unspecified atom stereocenters. The maximum Gasteiger partial charge on any atom is 0.271 e. The third kappa shape index (κ3) is 5.29. The molecule has 0 fully saturated rings. The summed E-state index contributed by atoms with van der Waals surface area (Å²) in [5, 5.41) is 14.8. The first-order chi connectivity index (χ1) is 12.0. The van der Waals surface area contributed by atoms with Crippen molar-refractivity contribution in [2.24, 2.45) is 5.10 Å². The molecule has 7 nitrogen and oxygen atoms in total. The monoisotopic (exact) mass is 361 g/mol. The minimum Gasteiger partial charge on any atom is -0.494 e. The van der Waals surface area contributed by atoms with Crippen molar-refractivity contribution in [1.82, 2.24) is 5.43 Å². The number of carbonyl (C=O) groups excluding carboxylic acids is 1. The number of amides is 1. The van der Waals surface area contributed by atoms with E-state index in [9.17, 15) is 14.9 Å². The molecule has 130 valence electrons. The topological polar surface area (TPSA) is 93.8 Å². The zero-order valence-corrected chi connectivity index (χ0v) is 14.2. The van der Waals surface area contributed by atoms with Gasteiger partial charge in [0.1, 0.15) is 5.75 Å². The Labute approximate surface area is 149 Å². The Bertz CT molecular complexity index is 791. The van der Waals surface area contributed by atoms with Crippen molar-refractivity contribution in [3.8, 4) is 5.75 Å². The molecule has 8 heteroatoms. The van der Waals surface area contributed by atoms with Crippen LogP contribution in [0.2, 0.25) is 5.02 Å². The van der Waals surface area contributed by atoms with Crippen LogP contribution < -0.4 is 10.2 Å². The number of nitro groups is 1. The van der Waals surface area contributed by atoms with E-state index >= 15 is 0 Å². The summed E-state index contributed by atoms with van der Waals surface area (Å²) in [5.74, 6) is 0.269. The molecular formula is C17H16ClN3O4. The fourth-order valence-corrected chi connectivity index (χ4v) is 2.06. The normalized spacial score (nSPS) is 10.6. The van der Waals surface area contributed by atoms with Gasteiger partial charge in [0.15, 0.2) is 0 Å². The van der Waals surface area contributed by atoms with Crippen LogP contribution in [-0.4, -0.2) is 23.7 Å². The third-order valence-electron chi connectivity index (χ3n) is 3.15. The molecular weight excluding hydrogens is 346 g/mol. The molecule has 25 heavy (non-hydrogen) atoms. The summed E-state index contributed by atoms with van der Waals surface area (Å²) in [5.41, 5.74) is 2.98. The van der Waals surface area contributed by atoms with Crippen molar-refractivity contribution in [2.45, 2.75) is 13.3 Å². The second kappa shape index (κ2) is 8.79. The number of carbonyl (C=O) groups is 1. The van der Waals surface area contributed by atoms with E-state index in [0.29, 0.717) is 28.5 Å². The lowest BCUT2D eigenvalue weighted by Crippen LogP contribution is -2.17. The van der Waals surface area contributed by atoms with Crippen molar-refractivity contribution < 1.29 is 14.5 Å². The molecule has 0 aliphatic rings. The molecule has 0 saturated heterocycles. The maximum absolute atomic E-state index is 12.0. The van der Waals surface area contributed by atoms with E-state index in [-0.39, 0.29) is 5.69 Å². The van der Waals surface area contributed by atoms with Crippen LogP contribution >= 0.6 is 11.6 Å². The first-order valence-electron chi connectivity index (χ1n) is 7.51. The molecule has 0 radical (unpaired) electrons. The summed E-state index contributed by atoms with van der Waals surface area (Å²) in [4.78, 5) is 22.2. The van der Waals surface area contributed by atoms with Crippen LogP contribution in [0.3, 0.4) is 0 Å². The van der Waals surface area contributed by atoms with Crippen molar-refractivity contribution in [3.05, 3.63) is 68.7 Å². The number of ether oxygens (including phenoxy) is 1. The smallest absolute Gasteiger partial charge is 0.271 e. The largest absolute Gasteiger partial charge is 0.494 e. The van der Waals surface area contributed by atoms with Gasteiger partial charge >= 0.3 is 0 Å².